The zero-order valence-electron chi connectivity index (χ0n) is 13.5. The fraction of sp³-hybridized carbons (Fsp3) is 0.176. The summed E-state index contributed by atoms with van der Waals surface area (Å²) >= 11 is 0. The molecule has 0 bridgehead atoms. The molecule has 2 aromatic rings. The SMILES string of the molecule is COc1ccc(N(CC(=O)Nc2ccc(F)c(F)c2F)C(C)=O)cc1. The molecule has 2 amide bonds. The lowest BCUT2D eigenvalue weighted by Gasteiger charge is -2.21. The van der Waals surface area contributed by atoms with Gasteiger partial charge in [0.2, 0.25) is 11.8 Å². The quantitative estimate of drug-likeness (QED) is 0.842. The molecule has 0 fully saturated rings. The second-order valence-corrected chi connectivity index (χ2v) is 5.07. The van der Waals surface area contributed by atoms with Crippen LogP contribution in [0, 0.1) is 17.5 Å². The van der Waals surface area contributed by atoms with E-state index < -0.39 is 41.5 Å². The lowest BCUT2D eigenvalue weighted by Crippen LogP contribution is -2.36. The summed E-state index contributed by atoms with van der Waals surface area (Å²) in [6.45, 7) is 0.829. The van der Waals surface area contributed by atoms with Gasteiger partial charge >= 0.3 is 0 Å². The maximum absolute atomic E-state index is 13.6. The molecule has 0 unspecified atom stereocenters. The second-order valence-electron chi connectivity index (χ2n) is 5.07. The molecule has 2 aromatic carbocycles. The smallest absolute Gasteiger partial charge is 0.244 e. The largest absolute Gasteiger partial charge is 0.497 e. The van der Waals surface area contributed by atoms with Crippen molar-refractivity contribution >= 4 is 23.2 Å². The molecule has 0 spiro atoms. The van der Waals surface area contributed by atoms with Crippen molar-refractivity contribution in [2.24, 2.45) is 0 Å². The van der Waals surface area contributed by atoms with Crippen LogP contribution >= 0.6 is 0 Å². The van der Waals surface area contributed by atoms with Crippen LogP contribution < -0.4 is 15.0 Å². The number of ether oxygens (including phenoxy) is 1. The normalized spacial score (nSPS) is 10.3. The van der Waals surface area contributed by atoms with Gasteiger partial charge in [-0.25, -0.2) is 13.2 Å². The van der Waals surface area contributed by atoms with Gasteiger partial charge in [0.05, 0.1) is 12.8 Å². The van der Waals surface area contributed by atoms with Gasteiger partial charge in [0.25, 0.3) is 0 Å². The maximum Gasteiger partial charge on any atom is 0.244 e. The number of rotatable bonds is 5. The highest BCUT2D eigenvalue weighted by Crippen LogP contribution is 2.21. The highest BCUT2D eigenvalue weighted by atomic mass is 19.2. The lowest BCUT2D eigenvalue weighted by molar-refractivity contribution is -0.120. The zero-order valence-corrected chi connectivity index (χ0v) is 13.5. The molecule has 8 heteroatoms. The Hall–Kier alpha value is -3.03. The zero-order chi connectivity index (χ0) is 18.6. The molecule has 0 aliphatic heterocycles. The Balaban J connectivity index is 2.15. The molecular formula is C17H15F3N2O3. The Morgan fingerprint density at radius 2 is 1.68 bits per heavy atom. The highest BCUT2D eigenvalue weighted by molar-refractivity contribution is 6.01. The topological polar surface area (TPSA) is 58.6 Å². The van der Waals surface area contributed by atoms with Gasteiger partial charge in [0, 0.05) is 12.6 Å². The summed E-state index contributed by atoms with van der Waals surface area (Å²) in [5.74, 6) is -5.18. The van der Waals surface area contributed by atoms with Crippen LogP contribution in [-0.2, 0) is 9.59 Å². The van der Waals surface area contributed by atoms with E-state index in [0.29, 0.717) is 17.5 Å². The molecule has 2 rings (SSSR count). The van der Waals surface area contributed by atoms with Crippen LogP contribution in [0.1, 0.15) is 6.92 Å². The average Bonchev–Trinajstić information content (AvgIpc) is 2.60. The van der Waals surface area contributed by atoms with Crippen LogP contribution in [0.25, 0.3) is 0 Å². The van der Waals surface area contributed by atoms with Gasteiger partial charge in [-0.15, -0.1) is 0 Å². The molecule has 0 aliphatic carbocycles. The summed E-state index contributed by atoms with van der Waals surface area (Å²) in [7, 11) is 1.49. The van der Waals surface area contributed by atoms with Gasteiger partial charge in [0.15, 0.2) is 17.5 Å². The van der Waals surface area contributed by atoms with Crippen molar-refractivity contribution < 1.29 is 27.5 Å². The number of carbonyl (C=O) groups excluding carboxylic acids is 2. The van der Waals surface area contributed by atoms with E-state index in [1.54, 1.807) is 24.3 Å². The molecule has 25 heavy (non-hydrogen) atoms. The molecule has 132 valence electrons. The number of halogens is 3. The molecular weight excluding hydrogens is 337 g/mol. The minimum absolute atomic E-state index is 0.425. The van der Waals surface area contributed by atoms with Crippen molar-refractivity contribution in [3.05, 3.63) is 53.8 Å². The van der Waals surface area contributed by atoms with Crippen molar-refractivity contribution in [3.8, 4) is 5.75 Å². The van der Waals surface area contributed by atoms with E-state index in [1.165, 1.54) is 14.0 Å². The van der Waals surface area contributed by atoms with Crippen molar-refractivity contribution in [2.75, 3.05) is 23.9 Å². The number of hydrogen-bond acceptors (Lipinski definition) is 3. The maximum atomic E-state index is 13.6. The van der Waals surface area contributed by atoms with Crippen molar-refractivity contribution in [1.29, 1.82) is 0 Å². The van der Waals surface area contributed by atoms with Gasteiger partial charge in [0.1, 0.15) is 12.3 Å². The van der Waals surface area contributed by atoms with Crippen LogP contribution in [0.4, 0.5) is 24.5 Å². The third-order valence-electron chi connectivity index (χ3n) is 3.38. The van der Waals surface area contributed by atoms with Crippen LogP contribution in [0.5, 0.6) is 5.75 Å². The Morgan fingerprint density at radius 3 is 2.24 bits per heavy atom. The molecule has 0 radical (unpaired) electrons. The first-order chi connectivity index (χ1) is 11.8. The first-order valence-electron chi connectivity index (χ1n) is 7.19. The molecule has 0 heterocycles. The van der Waals surface area contributed by atoms with Gasteiger partial charge in [-0.05, 0) is 36.4 Å². The minimum Gasteiger partial charge on any atom is -0.497 e. The number of anilines is 2. The van der Waals surface area contributed by atoms with E-state index in [2.05, 4.69) is 5.32 Å². The summed E-state index contributed by atoms with van der Waals surface area (Å²) in [4.78, 5) is 25.0. The second kappa shape index (κ2) is 7.69. The summed E-state index contributed by atoms with van der Waals surface area (Å²) in [5.41, 5.74) is -0.0867. The fourth-order valence-corrected chi connectivity index (χ4v) is 2.10. The van der Waals surface area contributed by atoms with Gasteiger partial charge in [-0.1, -0.05) is 0 Å². The molecule has 5 nitrogen and oxygen atoms in total. The molecule has 0 saturated carbocycles. The number of nitrogens with one attached hydrogen (secondary N) is 1. The fourth-order valence-electron chi connectivity index (χ4n) is 2.10. The number of carbonyl (C=O) groups is 2. The van der Waals surface area contributed by atoms with E-state index in [1.807, 2.05) is 0 Å². The monoisotopic (exact) mass is 352 g/mol. The van der Waals surface area contributed by atoms with E-state index in [-0.39, 0.29) is 0 Å². The predicted octanol–water partition coefficient (Wildman–Crippen LogP) is 3.10. The van der Waals surface area contributed by atoms with E-state index in [9.17, 15) is 22.8 Å². The molecule has 1 N–H and O–H groups in total. The Kier molecular flexibility index (Phi) is 5.63. The van der Waals surface area contributed by atoms with Crippen LogP contribution in [0.3, 0.4) is 0 Å². The summed E-state index contributed by atoms with van der Waals surface area (Å²) < 4.78 is 44.7. The third-order valence-corrected chi connectivity index (χ3v) is 3.38. The molecule has 0 atom stereocenters. The predicted molar refractivity (Wildman–Crippen MR) is 86.0 cm³/mol. The molecule has 0 saturated heterocycles. The van der Waals surface area contributed by atoms with Crippen molar-refractivity contribution in [2.45, 2.75) is 6.92 Å². The summed E-state index contributed by atoms with van der Waals surface area (Å²) in [6, 6.07) is 7.96. The average molecular weight is 352 g/mol. The van der Waals surface area contributed by atoms with Crippen molar-refractivity contribution in [3.63, 3.8) is 0 Å². The van der Waals surface area contributed by atoms with Gasteiger partial charge in [-0.2, -0.15) is 0 Å². The van der Waals surface area contributed by atoms with Gasteiger partial charge < -0.3 is 15.0 Å². The van der Waals surface area contributed by atoms with Crippen LogP contribution in [-0.4, -0.2) is 25.5 Å². The van der Waals surface area contributed by atoms with Crippen LogP contribution in [0.2, 0.25) is 0 Å². The Bertz CT molecular complexity index is 794. The minimum atomic E-state index is -1.68. The Morgan fingerprint density at radius 1 is 1.04 bits per heavy atom. The standard InChI is InChI=1S/C17H15F3N2O3/c1-10(23)22(11-3-5-12(25-2)6-4-11)9-15(24)21-14-8-7-13(18)16(19)17(14)20/h3-8H,9H2,1-2H3,(H,21,24). The van der Waals surface area contributed by atoms with E-state index in [0.717, 1.165) is 11.0 Å². The molecule has 0 aliphatic rings. The summed E-state index contributed by atoms with van der Waals surface area (Å²) in [5, 5.41) is 2.12. The number of nitrogens with zero attached hydrogens (tertiary/aromatic N) is 1. The number of benzene rings is 2. The van der Waals surface area contributed by atoms with Crippen LogP contribution in [0.15, 0.2) is 36.4 Å². The molecule has 0 aromatic heterocycles. The number of amides is 2. The van der Waals surface area contributed by atoms with Crippen molar-refractivity contribution in [1.82, 2.24) is 0 Å². The first kappa shape index (κ1) is 18.3. The van der Waals surface area contributed by atoms with E-state index >= 15 is 0 Å². The number of methoxy groups -OCH3 is 1. The third kappa shape index (κ3) is 4.28. The number of hydrogen-bond donors (Lipinski definition) is 1. The highest BCUT2D eigenvalue weighted by Gasteiger charge is 2.19. The lowest BCUT2D eigenvalue weighted by atomic mass is 10.2. The Labute approximate surface area is 142 Å². The summed E-state index contributed by atoms with van der Waals surface area (Å²) in [6.07, 6.45) is 0. The van der Waals surface area contributed by atoms with E-state index in [4.69, 9.17) is 4.74 Å². The van der Waals surface area contributed by atoms with Gasteiger partial charge in [-0.3, -0.25) is 9.59 Å². The first-order valence-corrected chi connectivity index (χ1v) is 7.19.